The number of rotatable bonds is 4. The monoisotopic (exact) mass is 388 g/mol. The molecule has 0 amide bonds. The highest BCUT2D eigenvalue weighted by atomic mass is 35.5. The summed E-state index contributed by atoms with van der Waals surface area (Å²) < 4.78 is 53.3. The van der Waals surface area contributed by atoms with Crippen LogP contribution >= 0.6 is 24.8 Å². The Hall–Kier alpha value is -0.560. The summed E-state index contributed by atoms with van der Waals surface area (Å²) in [5.74, 6) is -0.576. The van der Waals surface area contributed by atoms with Gasteiger partial charge in [0.1, 0.15) is 5.82 Å². The summed E-state index contributed by atoms with van der Waals surface area (Å²) in [6.45, 7) is 3.07. The molecule has 0 spiro atoms. The van der Waals surface area contributed by atoms with Crippen LogP contribution in [0.2, 0.25) is 0 Å². The molecule has 8 heteroatoms. The normalized spacial score (nSPS) is 20.0. The molecule has 138 valence electrons. The molecule has 2 fully saturated rings. The van der Waals surface area contributed by atoms with Crippen LogP contribution < -0.4 is 5.32 Å². The quantitative estimate of drug-likeness (QED) is 0.767. The van der Waals surface area contributed by atoms with Gasteiger partial charge in [-0.05, 0) is 18.4 Å². The summed E-state index contributed by atoms with van der Waals surface area (Å²) in [7, 11) is 0. The van der Waals surface area contributed by atoms with Crippen LogP contribution in [0.3, 0.4) is 0 Å². The van der Waals surface area contributed by atoms with Gasteiger partial charge in [-0.1, -0.05) is 25.0 Å². The summed E-state index contributed by atoms with van der Waals surface area (Å²) in [5.41, 5.74) is -0.954. The van der Waals surface area contributed by atoms with Gasteiger partial charge >= 0.3 is 6.18 Å². The third kappa shape index (κ3) is 4.97. The highest BCUT2D eigenvalue weighted by Crippen LogP contribution is 2.42. The van der Waals surface area contributed by atoms with E-state index >= 15 is 0 Å². The Bertz CT molecular complexity index is 529. The molecule has 2 nitrogen and oxygen atoms in total. The average Bonchev–Trinajstić information content (AvgIpc) is 3.29. The Balaban J connectivity index is 0.00000144. The number of alkyl halides is 3. The Morgan fingerprint density at radius 2 is 1.75 bits per heavy atom. The molecule has 1 saturated heterocycles. The second kappa shape index (κ2) is 8.70. The average molecular weight is 389 g/mol. The lowest BCUT2D eigenvalue weighted by molar-refractivity contribution is -0.140. The van der Waals surface area contributed by atoms with Gasteiger partial charge in [-0.2, -0.15) is 13.2 Å². The highest BCUT2D eigenvalue weighted by Gasteiger charge is 2.38. The Morgan fingerprint density at radius 1 is 1.12 bits per heavy atom. The molecule has 0 unspecified atom stereocenters. The molecule has 24 heavy (non-hydrogen) atoms. The van der Waals surface area contributed by atoms with E-state index in [1.807, 2.05) is 0 Å². The van der Waals surface area contributed by atoms with Crippen molar-refractivity contribution in [2.45, 2.75) is 31.5 Å². The van der Waals surface area contributed by atoms with Crippen LogP contribution in [0.4, 0.5) is 17.6 Å². The summed E-state index contributed by atoms with van der Waals surface area (Å²) in [6, 6.07) is 3.41. The summed E-state index contributed by atoms with van der Waals surface area (Å²) in [5, 5.41) is 3.22. The van der Waals surface area contributed by atoms with E-state index in [0.29, 0.717) is 5.92 Å². The minimum absolute atomic E-state index is 0. The van der Waals surface area contributed by atoms with Crippen molar-refractivity contribution in [3.8, 4) is 0 Å². The number of benzene rings is 1. The molecule has 0 radical (unpaired) electrons. The third-order valence-electron chi connectivity index (χ3n) is 4.54. The largest absolute Gasteiger partial charge is 0.419 e. The topological polar surface area (TPSA) is 15.3 Å². The first-order chi connectivity index (χ1) is 10.5. The van der Waals surface area contributed by atoms with E-state index in [2.05, 4.69) is 10.2 Å². The summed E-state index contributed by atoms with van der Waals surface area (Å²) in [6.07, 6.45) is -1.70. The minimum atomic E-state index is -4.65. The molecule has 1 aromatic rings. The van der Waals surface area contributed by atoms with Crippen molar-refractivity contribution in [2.24, 2.45) is 5.92 Å². The van der Waals surface area contributed by atoms with Gasteiger partial charge in [-0.15, -0.1) is 24.8 Å². The van der Waals surface area contributed by atoms with Crippen LogP contribution in [0.15, 0.2) is 18.2 Å². The van der Waals surface area contributed by atoms with Gasteiger partial charge in [-0.25, -0.2) is 4.39 Å². The fourth-order valence-corrected chi connectivity index (χ4v) is 3.16. The number of hydrogen-bond acceptors (Lipinski definition) is 2. The first-order valence-corrected chi connectivity index (χ1v) is 7.77. The van der Waals surface area contributed by atoms with E-state index in [4.69, 9.17) is 0 Å². The third-order valence-corrected chi connectivity index (χ3v) is 4.54. The van der Waals surface area contributed by atoms with Crippen LogP contribution in [-0.2, 0) is 6.18 Å². The van der Waals surface area contributed by atoms with Crippen molar-refractivity contribution < 1.29 is 17.6 Å². The number of nitrogens with one attached hydrogen (secondary N) is 1. The first kappa shape index (κ1) is 21.5. The fraction of sp³-hybridized carbons (Fsp3) is 0.625. The maximum Gasteiger partial charge on any atom is 0.419 e. The van der Waals surface area contributed by atoms with Gasteiger partial charge in [0, 0.05) is 37.8 Å². The molecular formula is C16H22Cl2F4N2. The van der Waals surface area contributed by atoms with Gasteiger partial charge in [-0.3, -0.25) is 4.90 Å². The van der Waals surface area contributed by atoms with Crippen molar-refractivity contribution in [2.75, 3.05) is 26.2 Å². The van der Waals surface area contributed by atoms with Gasteiger partial charge in [0.15, 0.2) is 0 Å². The van der Waals surface area contributed by atoms with E-state index in [1.54, 1.807) is 0 Å². The molecule has 1 aromatic carbocycles. The predicted octanol–water partition coefficient (Wildman–Crippen LogP) is 4.43. The Labute approximate surface area is 151 Å². The van der Waals surface area contributed by atoms with E-state index < -0.39 is 17.6 Å². The standard InChI is InChI=1S/C16H20F4N2.2ClH/c17-15-12(2-1-3-13(15)16(18,19)20)14(10-11-4-5-11)22-8-6-21-7-9-22;;/h1-3,11,14,21H,4-10H2;2*1H/t14-;;/m1../s1. The van der Waals surface area contributed by atoms with Gasteiger partial charge in [0.05, 0.1) is 5.56 Å². The molecule has 2 aliphatic rings. The lowest BCUT2D eigenvalue weighted by Crippen LogP contribution is -2.45. The zero-order valence-corrected chi connectivity index (χ0v) is 14.7. The van der Waals surface area contributed by atoms with E-state index in [9.17, 15) is 17.6 Å². The predicted molar refractivity (Wildman–Crippen MR) is 90.4 cm³/mol. The minimum Gasteiger partial charge on any atom is -0.314 e. The van der Waals surface area contributed by atoms with Gasteiger partial charge < -0.3 is 5.32 Å². The molecule has 1 aliphatic carbocycles. The van der Waals surface area contributed by atoms with Crippen molar-refractivity contribution in [3.63, 3.8) is 0 Å². The van der Waals surface area contributed by atoms with Crippen molar-refractivity contribution >= 4 is 24.8 Å². The SMILES string of the molecule is Cl.Cl.Fc1c([C@@H](CC2CC2)N2CCNCC2)cccc1C(F)(F)F. The molecule has 1 heterocycles. The van der Waals surface area contributed by atoms with Crippen LogP contribution in [0.25, 0.3) is 0 Å². The van der Waals surface area contributed by atoms with E-state index in [-0.39, 0.29) is 36.4 Å². The second-order valence-corrected chi connectivity index (χ2v) is 6.19. The highest BCUT2D eigenvalue weighted by molar-refractivity contribution is 5.85. The van der Waals surface area contributed by atoms with Crippen LogP contribution in [0.5, 0.6) is 0 Å². The molecule has 0 bridgehead atoms. The molecule has 0 aromatic heterocycles. The molecule has 1 saturated carbocycles. The van der Waals surface area contributed by atoms with Gasteiger partial charge in [0.25, 0.3) is 0 Å². The number of piperazine rings is 1. The molecular weight excluding hydrogens is 367 g/mol. The zero-order valence-electron chi connectivity index (χ0n) is 13.1. The van der Waals surface area contributed by atoms with E-state index in [1.165, 1.54) is 12.1 Å². The summed E-state index contributed by atoms with van der Waals surface area (Å²) >= 11 is 0. The number of hydrogen-bond donors (Lipinski definition) is 1. The molecule has 1 atom stereocenters. The molecule has 1 N–H and O–H groups in total. The van der Waals surface area contributed by atoms with Crippen LogP contribution in [0, 0.1) is 11.7 Å². The molecule has 3 rings (SSSR count). The van der Waals surface area contributed by atoms with Crippen molar-refractivity contribution in [1.82, 2.24) is 10.2 Å². The maximum atomic E-state index is 14.5. The lowest BCUT2D eigenvalue weighted by Gasteiger charge is -2.35. The lowest BCUT2D eigenvalue weighted by atomic mass is 9.96. The smallest absolute Gasteiger partial charge is 0.314 e. The van der Waals surface area contributed by atoms with Gasteiger partial charge in [0.2, 0.25) is 0 Å². The Kier molecular flexibility index (Phi) is 7.78. The van der Waals surface area contributed by atoms with Crippen molar-refractivity contribution in [1.29, 1.82) is 0 Å². The zero-order chi connectivity index (χ0) is 15.7. The Morgan fingerprint density at radius 3 is 2.29 bits per heavy atom. The van der Waals surface area contributed by atoms with Crippen LogP contribution in [0.1, 0.15) is 36.4 Å². The van der Waals surface area contributed by atoms with Crippen molar-refractivity contribution in [3.05, 3.63) is 35.1 Å². The molecule has 1 aliphatic heterocycles. The first-order valence-electron chi connectivity index (χ1n) is 7.77. The number of nitrogens with zero attached hydrogens (tertiary/aromatic N) is 1. The maximum absolute atomic E-state index is 14.5. The number of halogens is 6. The summed E-state index contributed by atoms with van der Waals surface area (Å²) in [4.78, 5) is 2.12. The fourth-order valence-electron chi connectivity index (χ4n) is 3.16. The van der Waals surface area contributed by atoms with Crippen LogP contribution in [-0.4, -0.2) is 31.1 Å². The van der Waals surface area contributed by atoms with E-state index in [0.717, 1.165) is 51.5 Å². The second-order valence-electron chi connectivity index (χ2n) is 6.19.